The first-order chi connectivity index (χ1) is 7.50. The maximum atomic E-state index is 12.9. The zero-order valence-corrected chi connectivity index (χ0v) is 8.99. The van der Waals surface area contributed by atoms with E-state index < -0.39 is 39.2 Å². The molecule has 1 rings (SSSR count). The monoisotopic (exact) mass is 276 g/mol. The topological polar surface area (TPSA) is 43.4 Å². The number of halogens is 5. The third-order valence-corrected chi connectivity index (χ3v) is 2.04. The van der Waals surface area contributed by atoms with Crippen molar-refractivity contribution in [2.24, 2.45) is 0 Å². The number of benzene rings is 1. The van der Waals surface area contributed by atoms with Crippen LogP contribution in [0.4, 0.5) is 22.0 Å². The van der Waals surface area contributed by atoms with Gasteiger partial charge in [-0.3, -0.25) is 0 Å². The smallest absolute Gasteiger partial charge is 0.382 e. The molecule has 0 N–H and O–H groups in total. The lowest BCUT2D eigenvalue weighted by Crippen LogP contribution is -2.13. The Labute approximate surface area is 92.9 Å². The van der Waals surface area contributed by atoms with E-state index in [0.29, 0.717) is 6.26 Å². The van der Waals surface area contributed by atoms with Gasteiger partial charge in [0, 0.05) is 12.1 Å². The van der Waals surface area contributed by atoms with Gasteiger partial charge < -0.3 is 4.18 Å². The molecule has 0 saturated heterocycles. The molecule has 0 atom stereocenters. The van der Waals surface area contributed by atoms with Crippen molar-refractivity contribution >= 4 is 10.1 Å². The molecule has 0 radical (unpaired) electrons. The predicted molar refractivity (Wildman–Crippen MR) is 46.8 cm³/mol. The van der Waals surface area contributed by atoms with E-state index in [2.05, 4.69) is 4.18 Å². The van der Waals surface area contributed by atoms with Crippen molar-refractivity contribution < 1.29 is 34.6 Å². The number of hydrogen-bond donors (Lipinski definition) is 0. The van der Waals surface area contributed by atoms with Gasteiger partial charge in [-0.1, -0.05) is 0 Å². The molecule has 0 aromatic heterocycles. The van der Waals surface area contributed by atoms with Gasteiger partial charge in [0.25, 0.3) is 0 Å². The van der Waals surface area contributed by atoms with Crippen molar-refractivity contribution in [2.75, 3.05) is 6.26 Å². The summed E-state index contributed by atoms with van der Waals surface area (Å²) in [6, 6.07) is 0.292. The molecule has 0 saturated carbocycles. The third-order valence-electron chi connectivity index (χ3n) is 1.55. The molecule has 1 aromatic carbocycles. The molecule has 96 valence electrons. The highest BCUT2D eigenvalue weighted by molar-refractivity contribution is 7.86. The zero-order chi connectivity index (χ0) is 13.4. The molecule has 3 nitrogen and oxygen atoms in total. The minimum absolute atomic E-state index is 0.146. The van der Waals surface area contributed by atoms with Crippen molar-refractivity contribution in [2.45, 2.75) is 6.18 Å². The first-order valence-electron chi connectivity index (χ1n) is 3.96. The van der Waals surface area contributed by atoms with Gasteiger partial charge >= 0.3 is 16.3 Å². The Morgan fingerprint density at radius 1 is 1.12 bits per heavy atom. The minimum Gasteiger partial charge on any atom is -0.382 e. The summed E-state index contributed by atoms with van der Waals surface area (Å²) < 4.78 is 87.6. The second-order valence-electron chi connectivity index (χ2n) is 3.05. The zero-order valence-electron chi connectivity index (χ0n) is 8.18. The van der Waals surface area contributed by atoms with Gasteiger partial charge in [-0.25, -0.2) is 8.78 Å². The molecular weight excluding hydrogens is 271 g/mol. The Morgan fingerprint density at radius 2 is 1.53 bits per heavy atom. The second-order valence-corrected chi connectivity index (χ2v) is 4.62. The van der Waals surface area contributed by atoms with E-state index in [1.807, 2.05) is 0 Å². The molecule has 9 heteroatoms. The summed E-state index contributed by atoms with van der Waals surface area (Å²) in [6.45, 7) is 0. The predicted octanol–water partition coefficient (Wildman–Crippen LogP) is 2.32. The fraction of sp³-hybridized carbons (Fsp3) is 0.250. The van der Waals surface area contributed by atoms with Gasteiger partial charge in [0.05, 0.1) is 6.26 Å². The van der Waals surface area contributed by atoms with E-state index in [0.717, 1.165) is 0 Å². The van der Waals surface area contributed by atoms with Crippen molar-refractivity contribution in [3.63, 3.8) is 0 Å². The molecule has 0 unspecified atom stereocenters. The largest absolute Gasteiger partial charge is 0.422 e. The molecule has 0 heterocycles. The first-order valence-corrected chi connectivity index (χ1v) is 5.78. The Morgan fingerprint density at radius 3 is 1.82 bits per heavy atom. The maximum absolute atomic E-state index is 12.9. The summed E-state index contributed by atoms with van der Waals surface area (Å²) in [5, 5.41) is 0. The van der Waals surface area contributed by atoms with Crippen LogP contribution in [-0.2, 0) is 16.3 Å². The fourth-order valence-corrected chi connectivity index (χ4v) is 1.49. The normalized spacial score (nSPS) is 12.6. The molecule has 1 aromatic rings. The molecule has 0 aliphatic heterocycles. The van der Waals surface area contributed by atoms with Crippen LogP contribution in [0, 0.1) is 11.6 Å². The van der Waals surface area contributed by atoms with Gasteiger partial charge in [0.1, 0.15) is 22.9 Å². The van der Waals surface area contributed by atoms with Gasteiger partial charge in [-0.05, 0) is 0 Å². The average molecular weight is 276 g/mol. The van der Waals surface area contributed by atoms with Gasteiger partial charge in [-0.2, -0.15) is 21.6 Å². The van der Waals surface area contributed by atoms with E-state index in [9.17, 15) is 30.4 Å². The number of alkyl halides is 3. The molecular formula is C8H5F5O3S. The van der Waals surface area contributed by atoms with Gasteiger partial charge in [0.2, 0.25) is 0 Å². The summed E-state index contributed by atoms with van der Waals surface area (Å²) in [4.78, 5) is 0. The SMILES string of the molecule is CS(=O)(=O)Oc1cc(F)c(C(F)(F)F)c(F)c1. The molecule has 0 aliphatic carbocycles. The van der Waals surface area contributed by atoms with Crippen LogP contribution in [0.15, 0.2) is 12.1 Å². The summed E-state index contributed by atoms with van der Waals surface area (Å²) in [6.07, 6.45) is -4.63. The minimum atomic E-state index is -5.21. The molecule has 0 fully saturated rings. The standard InChI is InChI=1S/C8H5F5O3S/c1-17(14,15)16-4-2-5(9)7(6(10)3-4)8(11,12)13/h2-3H,1H3. The Balaban J connectivity index is 3.29. The van der Waals surface area contributed by atoms with Gasteiger partial charge in [-0.15, -0.1) is 0 Å². The quantitative estimate of drug-likeness (QED) is 0.615. The lowest BCUT2D eigenvalue weighted by Gasteiger charge is -2.10. The number of hydrogen-bond acceptors (Lipinski definition) is 3. The summed E-state index contributed by atoms with van der Waals surface area (Å²) >= 11 is 0. The average Bonchev–Trinajstić information content (AvgIpc) is 1.94. The van der Waals surface area contributed by atoms with Crippen molar-refractivity contribution in [3.05, 3.63) is 29.3 Å². The highest BCUT2D eigenvalue weighted by Crippen LogP contribution is 2.35. The van der Waals surface area contributed by atoms with E-state index in [1.54, 1.807) is 0 Å². The van der Waals surface area contributed by atoms with Crippen LogP contribution in [0.3, 0.4) is 0 Å². The van der Waals surface area contributed by atoms with Crippen LogP contribution < -0.4 is 4.18 Å². The summed E-state index contributed by atoms with van der Waals surface area (Å²) in [7, 11) is -4.07. The molecule has 17 heavy (non-hydrogen) atoms. The molecule has 0 bridgehead atoms. The van der Waals surface area contributed by atoms with E-state index >= 15 is 0 Å². The Kier molecular flexibility index (Phi) is 3.33. The Bertz CT molecular complexity index is 512. The van der Waals surface area contributed by atoms with Gasteiger partial charge in [0.15, 0.2) is 0 Å². The Hall–Kier alpha value is -1.38. The molecule has 0 aliphatic rings. The lowest BCUT2D eigenvalue weighted by molar-refractivity contribution is -0.142. The fourth-order valence-electron chi connectivity index (χ4n) is 1.04. The maximum Gasteiger partial charge on any atom is 0.422 e. The van der Waals surface area contributed by atoms with Crippen LogP contribution in [0.1, 0.15) is 5.56 Å². The number of rotatable bonds is 2. The first kappa shape index (κ1) is 13.7. The van der Waals surface area contributed by atoms with Crippen LogP contribution in [0.25, 0.3) is 0 Å². The van der Waals surface area contributed by atoms with Crippen molar-refractivity contribution in [1.29, 1.82) is 0 Å². The third kappa shape index (κ3) is 3.55. The summed E-state index contributed by atoms with van der Waals surface area (Å²) in [5.74, 6) is -4.76. The lowest BCUT2D eigenvalue weighted by atomic mass is 10.2. The van der Waals surface area contributed by atoms with E-state index in [4.69, 9.17) is 0 Å². The van der Waals surface area contributed by atoms with Crippen LogP contribution in [0.2, 0.25) is 0 Å². The van der Waals surface area contributed by atoms with Crippen LogP contribution in [-0.4, -0.2) is 14.7 Å². The highest BCUT2D eigenvalue weighted by atomic mass is 32.2. The van der Waals surface area contributed by atoms with Crippen LogP contribution in [0.5, 0.6) is 5.75 Å². The molecule has 0 amide bonds. The van der Waals surface area contributed by atoms with E-state index in [-0.39, 0.29) is 12.1 Å². The van der Waals surface area contributed by atoms with E-state index in [1.165, 1.54) is 0 Å². The molecule has 0 spiro atoms. The van der Waals surface area contributed by atoms with Crippen molar-refractivity contribution in [3.8, 4) is 5.75 Å². The van der Waals surface area contributed by atoms with Crippen molar-refractivity contribution in [1.82, 2.24) is 0 Å². The second kappa shape index (κ2) is 4.13. The highest BCUT2D eigenvalue weighted by Gasteiger charge is 2.38. The van der Waals surface area contributed by atoms with Crippen LogP contribution >= 0.6 is 0 Å². The summed E-state index contributed by atoms with van der Waals surface area (Å²) in [5.41, 5.74) is -2.10.